The molecule has 0 aromatic carbocycles. The van der Waals surface area contributed by atoms with E-state index in [-0.39, 0.29) is 0 Å². The minimum atomic E-state index is -5.08. The molecule has 0 atom stereocenters. The Morgan fingerprint density at radius 2 is 2.13 bits per heavy atom. The van der Waals surface area contributed by atoms with Crippen LogP contribution in [0.3, 0.4) is 0 Å². The molecule has 1 fully saturated rings. The number of aromatic nitrogens is 4. The van der Waals surface area contributed by atoms with Crippen LogP contribution in [0.1, 0.15) is 27.8 Å². The second-order valence-electron chi connectivity index (χ2n) is 7.11. The van der Waals surface area contributed by atoms with Crippen molar-refractivity contribution >= 4 is 17.3 Å². The van der Waals surface area contributed by atoms with E-state index in [9.17, 15) is 13.2 Å². The molecule has 9 nitrogen and oxygen atoms in total. The maximum absolute atomic E-state index is 10.6. The van der Waals surface area contributed by atoms with Gasteiger partial charge in [-0.1, -0.05) is 5.21 Å². The lowest BCUT2D eigenvalue weighted by Gasteiger charge is -2.25. The number of nitrogens with zero attached hydrogens (tertiary/aromatic N) is 4. The maximum Gasteiger partial charge on any atom is 0.490 e. The lowest BCUT2D eigenvalue weighted by atomic mass is 9.99. The van der Waals surface area contributed by atoms with Gasteiger partial charge >= 0.3 is 12.1 Å². The first-order valence-electron chi connectivity index (χ1n) is 9.47. The number of carbonyl (C=O) groups is 1. The number of carboxylic acid groups (broad SMARTS) is 1. The van der Waals surface area contributed by atoms with Gasteiger partial charge in [-0.3, -0.25) is 0 Å². The highest BCUT2D eigenvalue weighted by molar-refractivity contribution is 7.15. The molecule has 0 aliphatic carbocycles. The van der Waals surface area contributed by atoms with E-state index in [0.717, 1.165) is 49.7 Å². The summed E-state index contributed by atoms with van der Waals surface area (Å²) < 4.78 is 39.2. The number of hydrogen-bond acceptors (Lipinski definition) is 8. The minimum absolute atomic E-state index is 0.432. The number of nitrogens with one attached hydrogen (secondary N) is 2. The molecule has 0 radical (unpaired) electrons. The minimum Gasteiger partial charge on any atom is -0.475 e. The van der Waals surface area contributed by atoms with Crippen LogP contribution < -0.4 is 10.6 Å². The highest BCUT2D eigenvalue weighted by atomic mass is 32.1. The van der Waals surface area contributed by atoms with E-state index in [1.807, 2.05) is 22.2 Å². The number of rotatable bonds is 4. The Morgan fingerprint density at radius 3 is 2.77 bits per heavy atom. The van der Waals surface area contributed by atoms with Gasteiger partial charge in [0.15, 0.2) is 6.39 Å². The van der Waals surface area contributed by atoms with E-state index in [1.165, 1.54) is 21.7 Å². The van der Waals surface area contributed by atoms with E-state index in [2.05, 4.69) is 32.0 Å². The summed E-state index contributed by atoms with van der Waals surface area (Å²) in [7, 11) is 0. The van der Waals surface area contributed by atoms with Gasteiger partial charge in [0.25, 0.3) is 0 Å². The van der Waals surface area contributed by atoms with Crippen molar-refractivity contribution in [3.8, 4) is 10.6 Å². The number of hydrogen-bond donors (Lipinski definition) is 3. The Kier molecular flexibility index (Phi) is 6.07. The summed E-state index contributed by atoms with van der Waals surface area (Å²) >= 11 is 1.83. The zero-order chi connectivity index (χ0) is 22.0. The first-order chi connectivity index (χ1) is 14.8. The number of thiophene rings is 1. The molecule has 166 valence electrons. The van der Waals surface area contributed by atoms with Crippen molar-refractivity contribution in [1.29, 1.82) is 0 Å². The summed E-state index contributed by atoms with van der Waals surface area (Å²) in [5.74, 6) is -1.35. The van der Waals surface area contributed by atoms with Gasteiger partial charge in [0.2, 0.25) is 0 Å². The Hall–Kier alpha value is -2.77. The van der Waals surface area contributed by atoms with E-state index < -0.39 is 12.1 Å². The third kappa shape index (κ3) is 4.94. The van der Waals surface area contributed by atoms with Crippen LogP contribution in [-0.4, -0.2) is 56.9 Å². The Bertz CT molecular complexity index is 1030. The van der Waals surface area contributed by atoms with Crippen LogP contribution in [0.15, 0.2) is 23.1 Å². The molecule has 3 aromatic rings. The van der Waals surface area contributed by atoms with Crippen molar-refractivity contribution in [3.05, 3.63) is 40.6 Å². The molecule has 0 amide bonds. The Morgan fingerprint density at radius 1 is 1.35 bits per heavy atom. The van der Waals surface area contributed by atoms with Gasteiger partial charge in [0, 0.05) is 37.0 Å². The normalized spacial score (nSPS) is 16.2. The molecule has 2 aliphatic heterocycles. The second-order valence-corrected chi connectivity index (χ2v) is 8.25. The molecule has 3 N–H and O–H groups in total. The summed E-state index contributed by atoms with van der Waals surface area (Å²) in [6.45, 7) is 4.53. The number of alkyl halides is 3. The Labute approximate surface area is 178 Å². The summed E-state index contributed by atoms with van der Waals surface area (Å²) in [4.78, 5) is 15.9. The molecule has 3 aromatic heterocycles. The van der Waals surface area contributed by atoms with Gasteiger partial charge in [-0.15, -0.1) is 16.4 Å². The van der Waals surface area contributed by atoms with Crippen molar-refractivity contribution in [2.45, 2.75) is 31.6 Å². The fourth-order valence-electron chi connectivity index (χ4n) is 3.22. The summed E-state index contributed by atoms with van der Waals surface area (Å²) in [5, 5.41) is 22.4. The zero-order valence-electron chi connectivity index (χ0n) is 16.1. The van der Waals surface area contributed by atoms with Gasteiger partial charge in [-0.25, -0.2) is 14.5 Å². The van der Waals surface area contributed by atoms with Crippen molar-refractivity contribution < 1.29 is 27.5 Å². The number of oxazole rings is 1. The number of carboxylic acids is 1. The van der Waals surface area contributed by atoms with Gasteiger partial charge in [0.05, 0.1) is 17.6 Å². The molecule has 2 aliphatic rings. The molecule has 0 spiro atoms. The third-order valence-electron chi connectivity index (χ3n) is 4.91. The largest absolute Gasteiger partial charge is 0.490 e. The first kappa shape index (κ1) is 21.5. The molecule has 31 heavy (non-hydrogen) atoms. The summed E-state index contributed by atoms with van der Waals surface area (Å²) in [5.41, 5.74) is 3.28. The van der Waals surface area contributed by atoms with Gasteiger partial charge in [0.1, 0.15) is 17.1 Å². The highest BCUT2D eigenvalue weighted by Crippen LogP contribution is 2.32. The van der Waals surface area contributed by atoms with Gasteiger partial charge in [-0.2, -0.15) is 13.2 Å². The maximum atomic E-state index is 10.6. The summed E-state index contributed by atoms with van der Waals surface area (Å²) in [6.07, 6.45) is -0.449. The molecule has 5 heterocycles. The van der Waals surface area contributed by atoms with Crippen molar-refractivity contribution in [2.75, 3.05) is 19.6 Å². The number of fused-ring (bicyclic) bond motifs is 1. The van der Waals surface area contributed by atoms with Crippen molar-refractivity contribution in [3.63, 3.8) is 0 Å². The van der Waals surface area contributed by atoms with Crippen LogP contribution in [0.25, 0.3) is 10.6 Å². The van der Waals surface area contributed by atoms with E-state index in [4.69, 9.17) is 14.3 Å². The summed E-state index contributed by atoms with van der Waals surface area (Å²) in [6, 6.07) is 2.24. The average molecular weight is 456 g/mol. The van der Waals surface area contributed by atoms with Crippen LogP contribution in [0.2, 0.25) is 0 Å². The smallest absolute Gasteiger partial charge is 0.475 e. The number of halogens is 3. The van der Waals surface area contributed by atoms with Crippen molar-refractivity contribution in [2.24, 2.45) is 0 Å². The zero-order valence-corrected chi connectivity index (χ0v) is 17.0. The monoisotopic (exact) mass is 456 g/mol. The highest BCUT2D eigenvalue weighted by Gasteiger charge is 2.38. The predicted octanol–water partition coefficient (Wildman–Crippen LogP) is 2.01. The van der Waals surface area contributed by atoms with Crippen LogP contribution in [-0.2, 0) is 24.3 Å². The molecular weight excluding hydrogens is 437 g/mol. The lowest BCUT2D eigenvalue weighted by Crippen LogP contribution is -2.40. The lowest BCUT2D eigenvalue weighted by molar-refractivity contribution is -0.192. The average Bonchev–Trinajstić information content (AvgIpc) is 3.40. The fourth-order valence-corrected chi connectivity index (χ4v) is 4.36. The number of aliphatic carboxylic acids is 1. The fraction of sp³-hybridized carbons (Fsp3) is 0.444. The molecule has 13 heteroatoms. The standard InChI is InChI=1S/C16H18N6OS.C2HF3O2/c1-2-17-4-10-3-15(24-14(1)10)12-7-22(21-20-12)8-13-16(23-9-19-13)11-5-18-6-11;3-2(4,5)1(6)7/h3,7,9,11,17-18H,1-2,4-6,8H2;(H,6,7). The van der Waals surface area contributed by atoms with E-state index in [0.29, 0.717) is 12.5 Å². The molecule has 0 unspecified atom stereocenters. The van der Waals surface area contributed by atoms with Crippen molar-refractivity contribution in [1.82, 2.24) is 30.6 Å². The SMILES string of the molecule is O=C(O)C(F)(F)F.c1nc(Cn2cc(-c3cc4c(s3)CCNC4)nn2)c(C2CNC2)o1. The van der Waals surface area contributed by atoms with Crippen LogP contribution in [0.4, 0.5) is 13.2 Å². The molecule has 0 bridgehead atoms. The van der Waals surface area contributed by atoms with Crippen LogP contribution in [0, 0.1) is 0 Å². The third-order valence-corrected chi connectivity index (χ3v) is 6.17. The first-order valence-corrected chi connectivity index (χ1v) is 10.3. The van der Waals surface area contributed by atoms with Gasteiger partial charge < -0.3 is 20.2 Å². The Balaban J connectivity index is 0.000000289. The van der Waals surface area contributed by atoms with Crippen LogP contribution in [0.5, 0.6) is 0 Å². The molecule has 1 saturated heterocycles. The quantitative estimate of drug-likeness (QED) is 0.546. The van der Waals surface area contributed by atoms with Crippen LogP contribution >= 0.6 is 11.3 Å². The molecule has 5 rings (SSSR count). The van der Waals surface area contributed by atoms with E-state index >= 15 is 0 Å². The molecular formula is C18H19F3N6O3S. The van der Waals surface area contributed by atoms with Gasteiger partial charge in [-0.05, 0) is 18.1 Å². The second kappa shape index (κ2) is 8.77. The molecule has 0 saturated carbocycles. The van der Waals surface area contributed by atoms with E-state index in [1.54, 1.807) is 0 Å². The predicted molar refractivity (Wildman–Crippen MR) is 104 cm³/mol. The topological polar surface area (TPSA) is 118 Å².